The Labute approximate surface area is 117 Å². The first-order chi connectivity index (χ1) is 9.74. The molecular formula is C17H14O3. The Hall–Kier alpha value is -2.57. The molecule has 0 unspecified atom stereocenters. The van der Waals surface area contributed by atoms with E-state index in [0.29, 0.717) is 11.1 Å². The minimum absolute atomic E-state index is 0.231. The van der Waals surface area contributed by atoms with Crippen LogP contribution in [0.1, 0.15) is 27.0 Å². The topological polar surface area (TPSA) is 46.5 Å². The fraction of sp³-hybridized carbons (Fsp3) is 0.118. The molecule has 0 aliphatic rings. The molecule has 0 spiro atoms. The number of aliphatic hydroxyl groups is 1. The minimum Gasteiger partial charge on any atom is -0.465 e. The largest absolute Gasteiger partial charge is 0.465 e. The molecular weight excluding hydrogens is 252 g/mol. The Kier molecular flexibility index (Phi) is 4.54. The van der Waals surface area contributed by atoms with E-state index in [9.17, 15) is 9.90 Å². The van der Waals surface area contributed by atoms with Gasteiger partial charge in [0, 0.05) is 11.1 Å². The van der Waals surface area contributed by atoms with Crippen LogP contribution in [-0.2, 0) is 11.3 Å². The van der Waals surface area contributed by atoms with Gasteiger partial charge >= 0.3 is 5.97 Å². The predicted molar refractivity (Wildman–Crippen MR) is 76.1 cm³/mol. The number of carbonyl (C=O) groups excluding carboxylic acids is 1. The van der Waals surface area contributed by atoms with Crippen LogP contribution in [0.2, 0.25) is 0 Å². The Morgan fingerprint density at radius 2 is 1.80 bits per heavy atom. The molecule has 0 amide bonds. The molecule has 0 heterocycles. The van der Waals surface area contributed by atoms with Crippen molar-refractivity contribution in [1.29, 1.82) is 0 Å². The standard InChI is InChI=1S/C17H14O3/c1-20-17(19)16-10-9-14(11-15(16)12-18)8-7-13-5-3-2-4-6-13/h2-6,9-11,18H,12H2,1H3. The van der Waals surface area contributed by atoms with E-state index in [1.807, 2.05) is 30.3 Å². The minimum atomic E-state index is -0.461. The van der Waals surface area contributed by atoms with E-state index in [1.54, 1.807) is 18.2 Å². The molecule has 0 aromatic heterocycles. The van der Waals surface area contributed by atoms with Gasteiger partial charge in [-0.3, -0.25) is 0 Å². The van der Waals surface area contributed by atoms with Crippen molar-refractivity contribution in [3.8, 4) is 11.8 Å². The van der Waals surface area contributed by atoms with E-state index in [4.69, 9.17) is 0 Å². The number of benzene rings is 2. The molecule has 0 saturated carbocycles. The van der Waals surface area contributed by atoms with Crippen LogP contribution >= 0.6 is 0 Å². The molecule has 1 N–H and O–H groups in total. The lowest BCUT2D eigenvalue weighted by Gasteiger charge is -2.05. The fourth-order valence-corrected chi connectivity index (χ4v) is 1.78. The number of hydrogen-bond donors (Lipinski definition) is 1. The molecule has 3 nitrogen and oxygen atoms in total. The summed E-state index contributed by atoms with van der Waals surface area (Å²) in [6.45, 7) is -0.231. The Balaban J connectivity index is 2.31. The van der Waals surface area contributed by atoms with Crippen molar-refractivity contribution in [3.63, 3.8) is 0 Å². The second-order valence-corrected chi connectivity index (χ2v) is 4.14. The highest BCUT2D eigenvalue weighted by atomic mass is 16.5. The summed E-state index contributed by atoms with van der Waals surface area (Å²) in [6.07, 6.45) is 0. The number of ether oxygens (including phenoxy) is 1. The van der Waals surface area contributed by atoms with Crippen LogP contribution in [-0.4, -0.2) is 18.2 Å². The third kappa shape index (κ3) is 3.25. The van der Waals surface area contributed by atoms with Gasteiger partial charge in [0.15, 0.2) is 0 Å². The summed E-state index contributed by atoms with van der Waals surface area (Å²) in [5.41, 5.74) is 2.53. The third-order valence-corrected chi connectivity index (χ3v) is 2.81. The van der Waals surface area contributed by atoms with Gasteiger partial charge in [0.1, 0.15) is 0 Å². The van der Waals surface area contributed by atoms with Crippen molar-refractivity contribution in [2.24, 2.45) is 0 Å². The summed E-state index contributed by atoms with van der Waals surface area (Å²) >= 11 is 0. The van der Waals surface area contributed by atoms with E-state index in [1.165, 1.54) is 7.11 Å². The van der Waals surface area contributed by atoms with Gasteiger partial charge in [-0.25, -0.2) is 4.79 Å². The maximum Gasteiger partial charge on any atom is 0.338 e. The van der Waals surface area contributed by atoms with Crippen molar-refractivity contribution in [3.05, 3.63) is 70.8 Å². The van der Waals surface area contributed by atoms with Gasteiger partial charge in [-0.2, -0.15) is 0 Å². The highest BCUT2D eigenvalue weighted by Gasteiger charge is 2.11. The van der Waals surface area contributed by atoms with Crippen LogP contribution in [0.25, 0.3) is 0 Å². The second-order valence-electron chi connectivity index (χ2n) is 4.14. The average Bonchev–Trinajstić information content (AvgIpc) is 2.52. The molecule has 0 radical (unpaired) electrons. The number of esters is 1. The zero-order valence-electron chi connectivity index (χ0n) is 11.1. The summed E-state index contributed by atoms with van der Waals surface area (Å²) in [7, 11) is 1.31. The Morgan fingerprint density at radius 1 is 1.10 bits per heavy atom. The SMILES string of the molecule is COC(=O)c1ccc(C#Cc2ccccc2)cc1CO. The monoisotopic (exact) mass is 266 g/mol. The zero-order chi connectivity index (χ0) is 14.4. The molecule has 0 atom stereocenters. The molecule has 0 aliphatic heterocycles. The molecule has 2 rings (SSSR count). The number of hydrogen-bond acceptors (Lipinski definition) is 3. The van der Waals surface area contributed by atoms with Crippen molar-refractivity contribution in [2.45, 2.75) is 6.61 Å². The summed E-state index contributed by atoms with van der Waals surface area (Å²) < 4.78 is 4.66. The number of carbonyl (C=O) groups is 1. The van der Waals surface area contributed by atoms with Crippen LogP contribution < -0.4 is 0 Å². The fourth-order valence-electron chi connectivity index (χ4n) is 1.78. The first kappa shape index (κ1) is 13.9. The molecule has 100 valence electrons. The van der Waals surface area contributed by atoms with E-state index >= 15 is 0 Å². The molecule has 0 bridgehead atoms. The summed E-state index contributed by atoms with van der Waals surface area (Å²) in [6, 6.07) is 14.7. The summed E-state index contributed by atoms with van der Waals surface area (Å²) in [4.78, 5) is 11.5. The lowest BCUT2D eigenvalue weighted by atomic mass is 10.0. The average molecular weight is 266 g/mol. The lowest BCUT2D eigenvalue weighted by Crippen LogP contribution is -2.06. The van der Waals surface area contributed by atoms with Crippen molar-refractivity contribution >= 4 is 5.97 Å². The van der Waals surface area contributed by atoms with Crippen molar-refractivity contribution in [1.82, 2.24) is 0 Å². The summed E-state index contributed by atoms with van der Waals surface area (Å²) in [5, 5.41) is 9.32. The molecule has 2 aromatic rings. The number of aliphatic hydroxyl groups excluding tert-OH is 1. The Bertz CT molecular complexity index is 664. The van der Waals surface area contributed by atoms with Gasteiger partial charge in [-0.05, 0) is 35.9 Å². The van der Waals surface area contributed by atoms with Gasteiger partial charge in [-0.15, -0.1) is 0 Å². The summed E-state index contributed by atoms with van der Waals surface area (Å²) in [5.74, 6) is 5.57. The maximum atomic E-state index is 11.5. The van der Waals surface area contributed by atoms with E-state index < -0.39 is 5.97 Å². The van der Waals surface area contributed by atoms with Crippen LogP contribution in [0.15, 0.2) is 48.5 Å². The van der Waals surface area contributed by atoms with Gasteiger partial charge < -0.3 is 9.84 Å². The van der Waals surface area contributed by atoms with E-state index in [0.717, 1.165) is 11.1 Å². The van der Waals surface area contributed by atoms with E-state index in [2.05, 4.69) is 16.6 Å². The molecule has 2 aromatic carbocycles. The molecule has 0 saturated heterocycles. The maximum absolute atomic E-state index is 11.5. The van der Waals surface area contributed by atoms with Crippen molar-refractivity contribution < 1.29 is 14.6 Å². The molecule has 3 heteroatoms. The molecule has 0 fully saturated rings. The van der Waals surface area contributed by atoms with Gasteiger partial charge in [-0.1, -0.05) is 30.0 Å². The quantitative estimate of drug-likeness (QED) is 0.670. The van der Waals surface area contributed by atoms with Gasteiger partial charge in [0.05, 0.1) is 19.3 Å². The third-order valence-electron chi connectivity index (χ3n) is 2.81. The first-order valence-electron chi connectivity index (χ1n) is 6.13. The molecule has 20 heavy (non-hydrogen) atoms. The van der Waals surface area contributed by atoms with Gasteiger partial charge in [0.2, 0.25) is 0 Å². The lowest BCUT2D eigenvalue weighted by molar-refractivity contribution is 0.0597. The highest BCUT2D eigenvalue weighted by molar-refractivity contribution is 5.91. The highest BCUT2D eigenvalue weighted by Crippen LogP contribution is 2.13. The van der Waals surface area contributed by atoms with Crippen LogP contribution in [0.4, 0.5) is 0 Å². The van der Waals surface area contributed by atoms with Crippen LogP contribution in [0.3, 0.4) is 0 Å². The zero-order valence-corrected chi connectivity index (χ0v) is 11.1. The molecule has 0 aliphatic carbocycles. The van der Waals surface area contributed by atoms with Crippen LogP contribution in [0, 0.1) is 11.8 Å². The van der Waals surface area contributed by atoms with Crippen molar-refractivity contribution in [2.75, 3.05) is 7.11 Å². The second kappa shape index (κ2) is 6.55. The van der Waals surface area contributed by atoms with E-state index in [-0.39, 0.29) is 6.61 Å². The Morgan fingerprint density at radius 3 is 2.45 bits per heavy atom. The predicted octanol–water partition coefficient (Wildman–Crippen LogP) is 2.37. The number of rotatable bonds is 2. The van der Waals surface area contributed by atoms with Gasteiger partial charge in [0.25, 0.3) is 0 Å². The smallest absolute Gasteiger partial charge is 0.338 e. The first-order valence-corrected chi connectivity index (χ1v) is 6.13. The number of methoxy groups -OCH3 is 1. The normalized spacial score (nSPS) is 9.50. The van der Waals surface area contributed by atoms with Crippen LogP contribution in [0.5, 0.6) is 0 Å².